The first-order valence-electron chi connectivity index (χ1n) is 7.58. The maximum absolute atomic E-state index is 12.1. The van der Waals surface area contributed by atoms with Crippen molar-refractivity contribution in [2.45, 2.75) is 33.7 Å². The lowest BCUT2D eigenvalue weighted by molar-refractivity contribution is -0.123. The van der Waals surface area contributed by atoms with E-state index in [9.17, 15) is 4.79 Å². The Bertz CT molecular complexity index is 448. The Hall–Kier alpha value is -1.35. The van der Waals surface area contributed by atoms with Crippen molar-refractivity contribution < 1.29 is 4.79 Å². The third-order valence-corrected chi connectivity index (χ3v) is 4.05. The second kappa shape index (κ2) is 6.89. The van der Waals surface area contributed by atoms with E-state index in [1.165, 1.54) is 17.5 Å². The van der Waals surface area contributed by atoms with Gasteiger partial charge < -0.3 is 5.32 Å². The van der Waals surface area contributed by atoms with E-state index >= 15 is 0 Å². The lowest BCUT2D eigenvalue weighted by Gasteiger charge is -2.34. The maximum Gasteiger partial charge on any atom is 0.234 e. The highest BCUT2D eigenvalue weighted by Gasteiger charge is 2.23. The van der Waals surface area contributed by atoms with Gasteiger partial charge in [-0.1, -0.05) is 38.1 Å². The fourth-order valence-corrected chi connectivity index (χ4v) is 3.18. The van der Waals surface area contributed by atoms with Gasteiger partial charge in [0.25, 0.3) is 0 Å². The Kier molecular flexibility index (Phi) is 5.18. The summed E-state index contributed by atoms with van der Waals surface area (Å²) in [7, 11) is 0. The van der Waals surface area contributed by atoms with Crippen molar-refractivity contribution in [1.29, 1.82) is 0 Å². The van der Waals surface area contributed by atoms with Crippen LogP contribution in [0.3, 0.4) is 0 Å². The minimum absolute atomic E-state index is 0.134. The van der Waals surface area contributed by atoms with E-state index in [0.717, 1.165) is 13.1 Å². The summed E-state index contributed by atoms with van der Waals surface area (Å²) in [5.41, 5.74) is 2.43. The largest absolute Gasteiger partial charge is 0.351 e. The van der Waals surface area contributed by atoms with Crippen LogP contribution in [0, 0.1) is 18.8 Å². The van der Waals surface area contributed by atoms with Gasteiger partial charge in [0.2, 0.25) is 5.91 Å². The van der Waals surface area contributed by atoms with Gasteiger partial charge in [-0.25, -0.2) is 0 Å². The Morgan fingerprint density at radius 2 is 1.90 bits per heavy atom. The Labute approximate surface area is 122 Å². The summed E-state index contributed by atoms with van der Waals surface area (Å²) < 4.78 is 0. The molecule has 0 bridgehead atoms. The number of aryl methyl sites for hydroxylation is 1. The number of benzene rings is 1. The van der Waals surface area contributed by atoms with Gasteiger partial charge in [-0.05, 0) is 36.3 Å². The average Bonchev–Trinajstić information content (AvgIpc) is 2.36. The molecule has 0 aromatic heterocycles. The summed E-state index contributed by atoms with van der Waals surface area (Å²) in [5.74, 6) is 1.53. The van der Waals surface area contributed by atoms with Gasteiger partial charge >= 0.3 is 0 Å². The number of hydrogen-bond acceptors (Lipinski definition) is 2. The lowest BCUT2D eigenvalue weighted by Crippen LogP contribution is -2.44. The van der Waals surface area contributed by atoms with E-state index in [4.69, 9.17) is 0 Å². The molecule has 110 valence electrons. The minimum Gasteiger partial charge on any atom is -0.351 e. The zero-order chi connectivity index (χ0) is 14.5. The van der Waals surface area contributed by atoms with E-state index < -0.39 is 0 Å². The highest BCUT2D eigenvalue weighted by molar-refractivity contribution is 5.78. The summed E-state index contributed by atoms with van der Waals surface area (Å²) in [6.45, 7) is 9.87. The standard InChI is InChI=1S/C17H26N2O/c1-13-8-14(2)11-19(10-13)12-17(20)18-9-16-7-5-4-6-15(16)3/h4-7,13-14H,8-12H2,1-3H3,(H,18,20). The predicted molar refractivity (Wildman–Crippen MR) is 82.4 cm³/mol. The molecule has 3 heteroatoms. The van der Waals surface area contributed by atoms with E-state index in [-0.39, 0.29) is 5.91 Å². The summed E-state index contributed by atoms with van der Waals surface area (Å²) in [5, 5.41) is 3.04. The quantitative estimate of drug-likeness (QED) is 0.915. The fraction of sp³-hybridized carbons (Fsp3) is 0.588. The topological polar surface area (TPSA) is 32.3 Å². The second-order valence-electron chi connectivity index (χ2n) is 6.34. The molecular weight excluding hydrogens is 248 g/mol. The predicted octanol–water partition coefficient (Wildman–Crippen LogP) is 2.59. The van der Waals surface area contributed by atoms with Gasteiger partial charge in [0.1, 0.15) is 0 Å². The van der Waals surface area contributed by atoms with Crippen molar-refractivity contribution in [3.63, 3.8) is 0 Å². The van der Waals surface area contributed by atoms with Gasteiger partial charge in [0.15, 0.2) is 0 Å². The van der Waals surface area contributed by atoms with Crippen LogP contribution in [0.1, 0.15) is 31.4 Å². The third kappa shape index (κ3) is 4.34. The summed E-state index contributed by atoms with van der Waals surface area (Å²) in [6, 6.07) is 8.19. The lowest BCUT2D eigenvalue weighted by atomic mass is 9.92. The molecule has 2 rings (SSSR count). The van der Waals surface area contributed by atoms with Crippen LogP contribution >= 0.6 is 0 Å². The van der Waals surface area contributed by atoms with E-state index in [0.29, 0.717) is 24.9 Å². The van der Waals surface area contributed by atoms with Crippen LogP contribution in [0.5, 0.6) is 0 Å². The van der Waals surface area contributed by atoms with Crippen LogP contribution in [-0.2, 0) is 11.3 Å². The molecule has 0 saturated carbocycles. The summed E-state index contributed by atoms with van der Waals surface area (Å²) in [4.78, 5) is 14.3. The van der Waals surface area contributed by atoms with Crippen LogP contribution in [0.4, 0.5) is 0 Å². The molecule has 1 aromatic rings. The molecule has 1 amide bonds. The Balaban J connectivity index is 1.79. The fourth-order valence-electron chi connectivity index (χ4n) is 3.18. The molecule has 0 spiro atoms. The molecule has 1 heterocycles. The van der Waals surface area contributed by atoms with Gasteiger partial charge in [-0.2, -0.15) is 0 Å². The highest BCUT2D eigenvalue weighted by atomic mass is 16.2. The molecule has 2 atom stereocenters. The molecular formula is C17H26N2O. The molecule has 1 aliphatic heterocycles. The van der Waals surface area contributed by atoms with Crippen molar-refractivity contribution >= 4 is 5.91 Å². The van der Waals surface area contributed by atoms with Gasteiger partial charge in [-0.3, -0.25) is 9.69 Å². The molecule has 3 nitrogen and oxygen atoms in total. The highest BCUT2D eigenvalue weighted by Crippen LogP contribution is 2.20. The third-order valence-electron chi connectivity index (χ3n) is 4.05. The van der Waals surface area contributed by atoms with Crippen LogP contribution < -0.4 is 5.32 Å². The van der Waals surface area contributed by atoms with Gasteiger partial charge in [-0.15, -0.1) is 0 Å². The van der Waals surface area contributed by atoms with Crippen molar-refractivity contribution in [2.24, 2.45) is 11.8 Å². The van der Waals surface area contributed by atoms with Crippen molar-refractivity contribution in [2.75, 3.05) is 19.6 Å². The van der Waals surface area contributed by atoms with Crippen LogP contribution in [-0.4, -0.2) is 30.4 Å². The summed E-state index contributed by atoms with van der Waals surface area (Å²) in [6.07, 6.45) is 1.28. The molecule has 0 radical (unpaired) electrons. The monoisotopic (exact) mass is 274 g/mol. The molecule has 1 aliphatic rings. The number of amides is 1. The van der Waals surface area contributed by atoms with Crippen LogP contribution in [0.2, 0.25) is 0 Å². The van der Waals surface area contributed by atoms with Crippen molar-refractivity contribution in [3.05, 3.63) is 35.4 Å². The number of nitrogens with one attached hydrogen (secondary N) is 1. The number of hydrogen-bond donors (Lipinski definition) is 1. The summed E-state index contributed by atoms with van der Waals surface area (Å²) >= 11 is 0. The number of likely N-dealkylation sites (tertiary alicyclic amines) is 1. The van der Waals surface area contributed by atoms with Crippen LogP contribution in [0.25, 0.3) is 0 Å². The number of piperidine rings is 1. The molecule has 1 N–H and O–H groups in total. The first-order chi connectivity index (χ1) is 9.54. The van der Waals surface area contributed by atoms with E-state index in [1.54, 1.807) is 0 Å². The molecule has 20 heavy (non-hydrogen) atoms. The molecule has 0 aliphatic carbocycles. The molecule has 2 unspecified atom stereocenters. The molecule has 1 saturated heterocycles. The zero-order valence-corrected chi connectivity index (χ0v) is 12.9. The first kappa shape index (κ1) is 15.0. The number of rotatable bonds is 4. The SMILES string of the molecule is Cc1ccccc1CNC(=O)CN1CC(C)CC(C)C1. The minimum atomic E-state index is 0.134. The maximum atomic E-state index is 12.1. The molecule has 1 aromatic carbocycles. The van der Waals surface area contributed by atoms with Gasteiger partial charge in [0.05, 0.1) is 6.54 Å². The second-order valence-corrected chi connectivity index (χ2v) is 6.34. The molecule has 1 fully saturated rings. The van der Waals surface area contributed by atoms with Gasteiger partial charge in [0, 0.05) is 19.6 Å². The smallest absolute Gasteiger partial charge is 0.234 e. The van der Waals surface area contributed by atoms with E-state index in [1.807, 2.05) is 12.1 Å². The van der Waals surface area contributed by atoms with Crippen molar-refractivity contribution in [3.8, 4) is 0 Å². The Morgan fingerprint density at radius 1 is 1.25 bits per heavy atom. The number of carbonyl (C=O) groups is 1. The van der Waals surface area contributed by atoms with Crippen LogP contribution in [0.15, 0.2) is 24.3 Å². The normalized spacial score (nSPS) is 23.6. The van der Waals surface area contributed by atoms with E-state index in [2.05, 4.69) is 43.1 Å². The Morgan fingerprint density at radius 3 is 2.55 bits per heavy atom. The first-order valence-corrected chi connectivity index (χ1v) is 7.58. The number of carbonyl (C=O) groups excluding carboxylic acids is 1. The zero-order valence-electron chi connectivity index (χ0n) is 12.9. The average molecular weight is 274 g/mol. The van der Waals surface area contributed by atoms with Crippen molar-refractivity contribution in [1.82, 2.24) is 10.2 Å². The number of nitrogens with zero attached hydrogens (tertiary/aromatic N) is 1.